The molecule has 0 unspecified atom stereocenters. The predicted molar refractivity (Wildman–Crippen MR) is 105 cm³/mol. The SMILES string of the molecule is CC(=O)N[C@@H](C)C(=O)S[C@@H](Cc1ccc2oc3ccccc3c2c1)C(=O)O. The zero-order valence-corrected chi connectivity index (χ0v) is 15.7. The number of carboxylic acids is 1. The molecular weight excluding hydrogens is 366 g/mol. The second-order valence-corrected chi connectivity index (χ2v) is 7.53. The molecule has 0 radical (unpaired) electrons. The molecule has 2 aromatic carbocycles. The Morgan fingerprint density at radius 1 is 1.11 bits per heavy atom. The smallest absolute Gasteiger partial charge is 0.317 e. The van der Waals surface area contributed by atoms with Crippen LogP contribution in [-0.2, 0) is 20.8 Å². The number of amides is 1. The first-order chi connectivity index (χ1) is 12.8. The average Bonchev–Trinajstić information content (AvgIpc) is 2.98. The normalized spacial score (nSPS) is 13.4. The fraction of sp³-hybridized carbons (Fsp3) is 0.250. The molecule has 0 fully saturated rings. The van der Waals surface area contributed by atoms with Crippen LogP contribution in [0.4, 0.5) is 0 Å². The molecule has 140 valence electrons. The number of benzene rings is 2. The Labute approximate surface area is 159 Å². The largest absolute Gasteiger partial charge is 0.480 e. The molecule has 0 saturated heterocycles. The Kier molecular flexibility index (Phi) is 5.51. The third-order valence-electron chi connectivity index (χ3n) is 4.17. The molecule has 0 aliphatic rings. The van der Waals surface area contributed by atoms with Gasteiger partial charge in [-0.2, -0.15) is 0 Å². The highest BCUT2D eigenvalue weighted by Gasteiger charge is 2.26. The topological polar surface area (TPSA) is 96.6 Å². The monoisotopic (exact) mass is 385 g/mol. The van der Waals surface area contributed by atoms with Gasteiger partial charge in [-0.25, -0.2) is 0 Å². The van der Waals surface area contributed by atoms with Crippen LogP contribution in [0, 0.1) is 0 Å². The molecule has 0 spiro atoms. The van der Waals surface area contributed by atoms with Crippen LogP contribution < -0.4 is 5.32 Å². The van der Waals surface area contributed by atoms with Crippen molar-refractivity contribution in [3.63, 3.8) is 0 Å². The number of fused-ring (bicyclic) bond motifs is 3. The van der Waals surface area contributed by atoms with Gasteiger partial charge in [-0.15, -0.1) is 0 Å². The first-order valence-electron chi connectivity index (χ1n) is 8.45. The summed E-state index contributed by atoms with van der Waals surface area (Å²) >= 11 is 0.732. The number of carbonyl (C=O) groups excluding carboxylic acids is 2. The van der Waals surface area contributed by atoms with Gasteiger partial charge in [-0.05, 0) is 37.1 Å². The minimum atomic E-state index is -1.07. The predicted octanol–water partition coefficient (Wildman–Crippen LogP) is 3.37. The summed E-state index contributed by atoms with van der Waals surface area (Å²) in [5.41, 5.74) is 2.30. The van der Waals surface area contributed by atoms with Crippen LogP contribution in [0.5, 0.6) is 0 Å². The molecule has 0 aliphatic carbocycles. The summed E-state index contributed by atoms with van der Waals surface area (Å²) in [5, 5.41) is 12.5. The van der Waals surface area contributed by atoms with Crippen LogP contribution in [0.3, 0.4) is 0 Å². The Morgan fingerprint density at radius 3 is 2.52 bits per heavy atom. The lowest BCUT2D eigenvalue weighted by atomic mass is 10.1. The maximum absolute atomic E-state index is 12.2. The zero-order chi connectivity index (χ0) is 19.6. The van der Waals surface area contributed by atoms with E-state index < -0.39 is 17.3 Å². The maximum Gasteiger partial charge on any atom is 0.317 e. The molecule has 1 heterocycles. The summed E-state index contributed by atoms with van der Waals surface area (Å²) in [5.74, 6) is -1.40. The van der Waals surface area contributed by atoms with Gasteiger partial charge >= 0.3 is 5.97 Å². The Hall–Kier alpha value is -2.80. The number of thioether (sulfide) groups is 1. The van der Waals surface area contributed by atoms with Crippen LogP contribution >= 0.6 is 11.8 Å². The summed E-state index contributed by atoms with van der Waals surface area (Å²) < 4.78 is 5.78. The van der Waals surface area contributed by atoms with E-state index in [9.17, 15) is 19.5 Å². The van der Waals surface area contributed by atoms with Gasteiger partial charge in [0, 0.05) is 17.7 Å². The maximum atomic E-state index is 12.2. The number of hydrogen-bond donors (Lipinski definition) is 2. The lowest BCUT2D eigenvalue weighted by molar-refractivity contribution is -0.136. The van der Waals surface area contributed by atoms with Crippen molar-refractivity contribution in [2.45, 2.75) is 31.6 Å². The zero-order valence-electron chi connectivity index (χ0n) is 14.9. The fourth-order valence-electron chi connectivity index (χ4n) is 2.90. The van der Waals surface area contributed by atoms with Crippen molar-refractivity contribution < 1.29 is 23.9 Å². The lowest BCUT2D eigenvalue weighted by Gasteiger charge is -2.15. The molecule has 3 rings (SSSR count). The van der Waals surface area contributed by atoms with Crippen LogP contribution in [-0.4, -0.2) is 33.4 Å². The quantitative estimate of drug-likeness (QED) is 0.675. The molecule has 6 nitrogen and oxygen atoms in total. The molecule has 2 atom stereocenters. The Morgan fingerprint density at radius 2 is 1.81 bits per heavy atom. The van der Waals surface area contributed by atoms with E-state index in [0.717, 1.165) is 39.3 Å². The first-order valence-corrected chi connectivity index (χ1v) is 9.33. The van der Waals surface area contributed by atoms with Crippen molar-refractivity contribution >= 4 is 50.7 Å². The molecule has 27 heavy (non-hydrogen) atoms. The minimum Gasteiger partial charge on any atom is -0.480 e. The van der Waals surface area contributed by atoms with Gasteiger partial charge < -0.3 is 14.8 Å². The van der Waals surface area contributed by atoms with E-state index in [-0.39, 0.29) is 17.4 Å². The molecule has 2 N–H and O–H groups in total. The molecule has 1 amide bonds. The van der Waals surface area contributed by atoms with Gasteiger partial charge in [0.05, 0.1) is 6.04 Å². The lowest BCUT2D eigenvalue weighted by Crippen LogP contribution is -2.37. The second-order valence-electron chi connectivity index (χ2n) is 6.32. The first kappa shape index (κ1) is 19.0. The second kappa shape index (κ2) is 7.84. The summed E-state index contributed by atoms with van der Waals surface area (Å²) in [6, 6.07) is 12.4. The summed E-state index contributed by atoms with van der Waals surface area (Å²) in [7, 11) is 0. The van der Waals surface area contributed by atoms with Crippen LogP contribution in [0.25, 0.3) is 21.9 Å². The van der Waals surface area contributed by atoms with E-state index >= 15 is 0 Å². The highest BCUT2D eigenvalue weighted by molar-refractivity contribution is 8.14. The number of furan rings is 1. The summed E-state index contributed by atoms with van der Waals surface area (Å²) in [4.78, 5) is 34.9. The number of carboxylic acid groups (broad SMARTS) is 1. The number of nitrogens with one attached hydrogen (secondary N) is 1. The Bertz CT molecular complexity index is 1030. The van der Waals surface area contributed by atoms with Gasteiger partial charge in [0.25, 0.3) is 0 Å². The molecular formula is C20H19NO5S. The Balaban J connectivity index is 1.82. The molecule has 0 saturated carbocycles. The van der Waals surface area contributed by atoms with Gasteiger partial charge in [-0.1, -0.05) is 36.0 Å². The van der Waals surface area contributed by atoms with Crippen molar-refractivity contribution in [1.29, 1.82) is 0 Å². The third-order valence-corrected chi connectivity index (χ3v) is 5.41. The third kappa shape index (κ3) is 4.31. The van der Waals surface area contributed by atoms with Crippen molar-refractivity contribution in [3.05, 3.63) is 48.0 Å². The number of rotatable bonds is 6. The molecule has 7 heteroatoms. The number of carbonyl (C=O) groups is 3. The summed E-state index contributed by atoms with van der Waals surface area (Å²) in [6.45, 7) is 2.85. The van der Waals surface area contributed by atoms with E-state index in [1.807, 2.05) is 42.5 Å². The number of hydrogen-bond acceptors (Lipinski definition) is 5. The van der Waals surface area contributed by atoms with E-state index in [1.165, 1.54) is 6.92 Å². The van der Waals surface area contributed by atoms with Crippen molar-refractivity contribution in [2.75, 3.05) is 0 Å². The average molecular weight is 385 g/mol. The van der Waals surface area contributed by atoms with E-state index in [0.29, 0.717) is 0 Å². The molecule has 0 aliphatic heterocycles. The standard InChI is InChI=1S/C20H19NO5S/c1-11(21-12(2)22)20(25)27-18(19(23)24)10-13-7-8-17-15(9-13)14-5-3-4-6-16(14)26-17/h3-9,11,18H,10H2,1-2H3,(H,21,22)(H,23,24)/t11-,18-/m0/s1. The van der Waals surface area contributed by atoms with Crippen LogP contribution in [0.1, 0.15) is 19.4 Å². The highest BCUT2D eigenvalue weighted by atomic mass is 32.2. The number of aliphatic carboxylic acids is 1. The van der Waals surface area contributed by atoms with Gasteiger partial charge in [-0.3, -0.25) is 14.4 Å². The molecule has 0 bridgehead atoms. The van der Waals surface area contributed by atoms with Gasteiger partial charge in [0.15, 0.2) is 0 Å². The van der Waals surface area contributed by atoms with E-state index in [1.54, 1.807) is 6.92 Å². The number of para-hydroxylation sites is 1. The van der Waals surface area contributed by atoms with Crippen molar-refractivity contribution in [1.82, 2.24) is 5.32 Å². The minimum absolute atomic E-state index is 0.188. The van der Waals surface area contributed by atoms with Crippen LogP contribution in [0.2, 0.25) is 0 Å². The van der Waals surface area contributed by atoms with Crippen LogP contribution in [0.15, 0.2) is 46.9 Å². The van der Waals surface area contributed by atoms with Gasteiger partial charge in [0.1, 0.15) is 16.4 Å². The molecule has 1 aromatic heterocycles. The fourth-order valence-corrected chi connectivity index (χ4v) is 3.82. The summed E-state index contributed by atoms with van der Waals surface area (Å²) in [6.07, 6.45) is 0.188. The highest BCUT2D eigenvalue weighted by Crippen LogP contribution is 2.30. The van der Waals surface area contributed by atoms with E-state index in [2.05, 4.69) is 5.32 Å². The van der Waals surface area contributed by atoms with Crippen molar-refractivity contribution in [2.24, 2.45) is 0 Å². The molecule has 3 aromatic rings. The van der Waals surface area contributed by atoms with Crippen molar-refractivity contribution in [3.8, 4) is 0 Å². The van der Waals surface area contributed by atoms with Gasteiger partial charge in [0.2, 0.25) is 11.0 Å². The van der Waals surface area contributed by atoms with E-state index in [4.69, 9.17) is 4.42 Å².